The van der Waals surface area contributed by atoms with Gasteiger partial charge in [-0.25, -0.2) is 0 Å². The Balaban J connectivity index is 2.24. The Morgan fingerprint density at radius 2 is 1.23 bits per heavy atom. The molecule has 1 atom stereocenters. The van der Waals surface area contributed by atoms with Gasteiger partial charge in [-0.2, -0.15) is 39.5 Å². The van der Waals surface area contributed by atoms with Gasteiger partial charge in [-0.15, -0.1) is 0 Å². The highest BCUT2D eigenvalue weighted by Gasteiger charge is 2.37. The van der Waals surface area contributed by atoms with Crippen LogP contribution in [0.25, 0.3) is 11.1 Å². The average Bonchev–Trinajstić information content (AvgIpc) is 2.80. The topological polar surface area (TPSA) is 26.3 Å². The van der Waals surface area contributed by atoms with Crippen LogP contribution in [0.2, 0.25) is 0 Å². The summed E-state index contributed by atoms with van der Waals surface area (Å²) in [6, 6.07) is 8.63. The molecular weight excluding hydrogens is 539 g/mol. The van der Waals surface area contributed by atoms with Gasteiger partial charge in [0.2, 0.25) is 0 Å². The van der Waals surface area contributed by atoms with Crippen molar-refractivity contribution < 1.29 is 49.0 Å². The maximum Gasteiger partial charge on any atom is 0.416 e. The quantitative estimate of drug-likeness (QED) is 0.268. The minimum Gasteiger partial charge on any atom is -0.457 e. The van der Waals surface area contributed by atoms with E-state index in [1.807, 2.05) is 13.8 Å². The van der Waals surface area contributed by atoms with E-state index in [2.05, 4.69) is 0 Å². The van der Waals surface area contributed by atoms with Crippen molar-refractivity contribution in [1.82, 2.24) is 0 Å². The molecule has 0 amide bonds. The molecule has 3 aromatic rings. The van der Waals surface area contributed by atoms with Crippen LogP contribution < -0.4 is 4.74 Å². The summed E-state index contributed by atoms with van der Waals surface area (Å²) in [5, 5.41) is 0. The van der Waals surface area contributed by atoms with E-state index in [1.54, 1.807) is 0 Å². The van der Waals surface area contributed by atoms with Gasteiger partial charge in [-0.05, 0) is 84.5 Å². The van der Waals surface area contributed by atoms with Crippen molar-refractivity contribution in [2.75, 3.05) is 0 Å². The minimum atomic E-state index is -5.09. The lowest BCUT2D eigenvalue weighted by molar-refractivity contribution is -0.143. The number of Topliss-reactive ketones (excluding diaryl/α,β-unsaturated/α-hetero) is 1. The van der Waals surface area contributed by atoms with E-state index >= 15 is 0 Å². The SMILES string of the molecule is CC(=O)C(CC(C)C)c1cc(Oc2cccc(C(F)(F)F)c2)cc(-c2cc(C(F)(F)F)cc(C(F)(F)F)c2)c1. The van der Waals surface area contributed by atoms with Crippen LogP contribution in [-0.4, -0.2) is 5.78 Å². The third kappa shape index (κ3) is 7.77. The molecule has 0 spiro atoms. The summed E-state index contributed by atoms with van der Waals surface area (Å²) in [6.45, 7) is 4.93. The van der Waals surface area contributed by atoms with Crippen LogP contribution in [0.5, 0.6) is 11.5 Å². The van der Waals surface area contributed by atoms with Gasteiger partial charge < -0.3 is 4.74 Å². The smallest absolute Gasteiger partial charge is 0.416 e. The largest absolute Gasteiger partial charge is 0.457 e. The summed E-state index contributed by atoms with van der Waals surface area (Å²) in [6.07, 6.45) is -14.6. The lowest BCUT2D eigenvalue weighted by Gasteiger charge is -2.20. The van der Waals surface area contributed by atoms with Crippen molar-refractivity contribution >= 4 is 5.78 Å². The van der Waals surface area contributed by atoms with E-state index in [1.165, 1.54) is 25.1 Å². The van der Waals surface area contributed by atoms with Crippen molar-refractivity contribution in [3.63, 3.8) is 0 Å². The molecule has 0 fully saturated rings. The van der Waals surface area contributed by atoms with Crippen LogP contribution in [0.15, 0.2) is 60.7 Å². The van der Waals surface area contributed by atoms with Crippen LogP contribution in [0.1, 0.15) is 55.4 Å². The van der Waals surface area contributed by atoms with E-state index in [0.29, 0.717) is 24.6 Å². The van der Waals surface area contributed by atoms with Crippen molar-refractivity contribution in [2.45, 2.75) is 51.6 Å². The molecule has 3 rings (SSSR count). The van der Waals surface area contributed by atoms with Crippen molar-refractivity contribution in [1.29, 1.82) is 0 Å². The summed E-state index contributed by atoms with van der Waals surface area (Å²) >= 11 is 0. The number of hydrogen-bond acceptors (Lipinski definition) is 2. The lowest BCUT2D eigenvalue weighted by Crippen LogP contribution is -2.12. The van der Waals surface area contributed by atoms with Crippen LogP contribution in [0.3, 0.4) is 0 Å². The second-order valence-corrected chi connectivity index (χ2v) is 9.51. The molecule has 0 heterocycles. The number of ether oxygens (including phenoxy) is 1. The molecule has 0 aliphatic carbocycles. The molecule has 0 aromatic heterocycles. The van der Waals surface area contributed by atoms with Gasteiger partial charge in [0.05, 0.1) is 16.7 Å². The zero-order valence-electron chi connectivity index (χ0n) is 20.9. The maximum atomic E-state index is 13.5. The van der Waals surface area contributed by atoms with E-state index in [4.69, 9.17) is 4.74 Å². The molecule has 0 aliphatic rings. The number of ketones is 1. The third-order valence-electron chi connectivity index (χ3n) is 5.85. The number of carbonyl (C=O) groups excluding carboxylic acids is 1. The zero-order chi connectivity index (χ0) is 29.3. The standard InChI is InChI=1S/C28H23F9O2/c1-15(2)7-25(16(3)38)19-8-17(18-9-21(27(32,33)34)13-22(10-18)28(35,36)37)11-24(12-19)39-23-6-4-5-20(14-23)26(29,30)31/h4-6,8-15,25H,7H2,1-3H3. The molecule has 210 valence electrons. The Labute approximate surface area is 218 Å². The molecule has 39 heavy (non-hydrogen) atoms. The molecule has 11 heteroatoms. The number of alkyl halides is 9. The van der Waals surface area contributed by atoms with E-state index < -0.39 is 46.7 Å². The molecule has 2 nitrogen and oxygen atoms in total. The van der Waals surface area contributed by atoms with E-state index in [0.717, 1.165) is 18.2 Å². The predicted molar refractivity (Wildman–Crippen MR) is 126 cm³/mol. The molecule has 0 bridgehead atoms. The summed E-state index contributed by atoms with van der Waals surface area (Å²) < 4.78 is 126. The van der Waals surface area contributed by atoms with Gasteiger partial charge >= 0.3 is 18.5 Å². The first-order valence-corrected chi connectivity index (χ1v) is 11.6. The van der Waals surface area contributed by atoms with Gasteiger partial charge in [0, 0.05) is 5.92 Å². The summed E-state index contributed by atoms with van der Waals surface area (Å²) in [7, 11) is 0. The first-order chi connectivity index (χ1) is 17.8. The number of benzene rings is 3. The molecule has 1 unspecified atom stereocenters. The molecular formula is C28H23F9O2. The molecule has 0 N–H and O–H groups in total. The number of halogens is 9. The first kappa shape index (κ1) is 30.0. The Bertz CT molecular complexity index is 1300. The van der Waals surface area contributed by atoms with E-state index in [9.17, 15) is 44.3 Å². The predicted octanol–water partition coefficient (Wildman–Crippen LogP) is 9.92. The van der Waals surface area contributed by atoms with Gasteiger partial charge in [-0.1, -0.05) is 26.0 Å². The number of hydrogen-bond donors (Lipinski definition) is 0. The fourth-order valence-electron chi connectivity index (χ4n) is 4.05. The molecule has 0 saturated carbocycles. The van der Waals surface area contributed by atoms with Crippen LogP contribution in [0, 0.1) is 5.92 Å². The third-order valence-corrected chi connectivity index (χ3v) is 5.85. The second-order valence-electron chi connectivity index (χ2n) is 9.51. The molecule has 0 saturated heterocycles. The number of carbonyl (C=O) groups is 1. The van der Waals surface area contributed by atoms with Crippen molar-refractivity contribution in [3.8, 4) is 22.6 Å². The fourth-order valence-corrected chi connectivity index (χ4v) is 4.05. The maximum absolute atomic E-state index is 13.5. The average molecular weight is 562 g/mol. The van der Waals surface area contributed by atoms with Gasteiger partial charge in [0.25, 0.3) is 0 Å². The van der Waals surface area contributed by atoms with Crippen LogP contribution in [-0.2, 0) is 23.3 Å². The van der Waals surface area contributed by atoms with Crippen molar-refractivity contribution in [3.05, 3.63) is 82.9 Å². The highest BCUT2D eigenvalue weighted by molar-refractivity contribution is 5.84. The summed E-state index contributed by atoms with van der Waals surface area (Å²) in [5.74, 6) is -1.55. The Morgan fingerprint density at radius 1 is 0.692 bits per heavy atom. The Kier molecular flexibility index (Phi) is 8.43. The normalized spacial score (nSPS) is 13.5. The van der Waals surface area contributed by atoms with Crippen molar-refractivity contribution in [2.24, 2.45) is 5.92 Å². The van der Waals surface area contributed by atoms with Crippen LogP contribution >= 0.6 is 0 Å². The second kappa shape index (κ2) is 10.9. The number of rotatable bonds is 7. The summed E-state index contributed by atoms with van der Waals surface area (Å²) in [5.41, 5.74) is -4.46. The monoisotopic (exact) mass is 562 g/mol. The lowest BCUT2D eigenvalue weighted by atomic mass is 9.85. The Morgan fingerprint density at radius 3 is 1.72 bits per heavy atom. The first-order valence-electron chi connectivity index (χ1n) is 11.6. The summed E-state index contributed by atoms with van der Waals surface area (Å²) in [4.78, 5) is 12.5. The molecule has 0 aliphatic heterocycles. The molecule has 3 aromatic carbocycles. The van der Waals surface area contributed by atoms with E-state index in [-0.39, 0.29) is 40.4 Å². The van der Waals surface area contributed by atoms with Gasteiger partial charge in [-0.3, -0.25) is 4.79 Å². The highest BCUT2D eigenvalue weighted by atomic mass is 19.4. The van der Waals surface area contributed by atoms with Crippen LogP contribution in [0.4, 0.5) is 39.5 Å². The zero-order valence-corrected chi connectivity index (χ0v) is 20.9. The minimum absolute atomic E-state index is 0.00939. The fraction of sp³-hybridized carbons (Fsp3) is 0.321. The van der Waals surface area contributed by atoms with Gasteiger partial charge in [0.15, 0.2) is 0 Å². The highest BCUT2D eigenvalue weighted by Crippen LogP contribution is 2.41. The Hall–Kier alpha value is -3.50. The van der Waals surface area contributed by atoms with Gasteiger partial charge in [0.1, 0.15) is 17.3 Å². The molecule has 0 radical (unpaired) electrons.